The number of anilines is 1. The first-order valence-corrected chi connectivity index (χ1v) is 14.9. The molecule has 3 rings (SSSR count). The van der Waals surface area contributed by atoms with Crippen molar-refractivity contribution in [2.24, 2.45) is 0 Å². The highest BCUT2D eigenvalue weighted by Gasteiger charge is 2.34. The van der Waals surface area contributed by atoms with Crippen molar-refractivity contribution in [1.82, 2.24) is 10.2 Å². The number of methoxy groups -OCH3 is 1. The summed E-state index contributed by atoms with van der Waals surface area (Å²) in [6, 6.07) is 19.0. The van der Waals surface area contributed by atoms with Crippen molar-refractivity contribution in [2.45, 2.75) is 57.6 Å². The highest BCUT2D eigenvalue weighted by molar-refractivity contribution is 7.92. The maximum absolute atomic E-state index is 14.1. The molecule has 0 bridgehead atoms. The number of nitrogens with one attached hydrogen (secondary N) is 1. The van der Waals surface area contributed by atoms with Gasteiger partial charge in [-0.3, -0.25) is 13.9 Å². The number of halogens is 1. The summed E-state index contributed by atoms with van der Waals surface area (Å²) in [6.45, 7) is 6.87. The summed E-state index contributed by atoms with van der Waals surface area (Å²) in [4.78, 5) is 28.8. The molecule has 0 spiro atoms. The molecule has 0 saturated carbocycles. The fraction of sp³-hybridized carbons (Fsp3) is 0.333. The van der Waals surface area contributed by atoms with Gasteiger partial charge < -0.3 is 15.0 Å². The molecule has 0 aliphatic rings. The number of para-hydroxylation sites is 1. The van der Waals surface area contributed by atoms with Crippen LogP contribution in [0.5, 0.6) is 5.75 Å². The summed E-state index contributed by atoms with van der Waals surface area (Å²) in [6.07, 6.45) is 0.336. The smallest absolute Gasteiger partial charge is 0.264 e. The van der Waals surface area contributed by atoms with Gasteiger partial charge in [0.25, 0.3) is 10.0 Å². The lowest BCUT2D eigenvalue weighted by Gasteiger charge is -2.34. The van der Waals surface area contributed by atoms with Crippen LogP contribution in [-0.4, -0.2) is 50.9 Å². The molecule has 0 heterocycles. The van der Waals surface area contributed by atoms with Gasteiger partial charge >= 0.3 is 0 Å². The van der Waals surface area contributed by atoms with E-state index in [0.29, 0.717) is 28.4 Å². The minimum atomic E-state index is -4.17. The highest BCUT2D eigenvalue weighted by Crippen LogP contribution is 2.28. The number of carbonyl (C=O) groups excluding carboxylic acids is 2. The predicted octanol–water partition coefficient (Wildman–Crippen LogP) is 5.18. The van der Waals surface area contributed by atoms with E-state index in [-0.39, 0.29) is 23.4 Å². The Balaban J connectivity index is 2.08. The van der Waals surface area contributed by atoms with Crippen LogP contribution >= 0.6 is 11.6 Å². The minimum Gasteiger partial charge on any atom is -0.497 e. The van der Waals surface area contributed by atoms with E-state index in [9.17, 15) is 18.0 Å². The summed E-state index contributed by atoms with van der Waals surface area (Å²) >= 11 is 6.01. The van der Waals surface area contributed by atoms with E-state index < -0.39 is 28.5 Å². The Morgan fingerprint density at radius 3 is 2.27 bits per heavy atom. The van der Waals surface area contributed by atoms with Gasteiger partial charge in [0, 0.05) is 17.6 Å². The van der Waals surface area contributed by atoms with Crippen molar-refractivity contribution in [1.29, 1.82) is 0 Å². The molecule has 40 heavy (non-hydrogen) atoms. The van der Waals surface area contributed by atoms with Crippen LogP contribution in [0.4, 0.5) is 5.69 Å². The molecule has 1 N–H and O–H groups in total. The van der Waals surface area contributed by atoms with Crippen LogP contribution in [0, 0.1) is 6.92 Å². The van der Waals surface area contributed by atoms with Crippen LogP contribution in [0.3, 0.4) is 0 Å². The molecular weight excluding hydrogens is 550 g/mol. The molecule has 0 aliphatic heterocycles. The van der Waals surface area contributed by atoms with Crippen molar-refractivity contribution in [2.75, 3.05) is 18.0 Å². The fourth-order valence-electron chi connectivity index (χ4n) is 4.36. The van der Waals surface area contributed by atoms with E-state index in [1.807, 2.05) is 26.8 Å². The summed E-state index contributed by atoms with van der Waals surface area (Å²) in [7, 11) is -2.62. The number of rotatable bonds is 12. The first-order valence-electron chi connectivity index (χ1n) is 13.0. The Hall–Kier alpha value is -3.56. The Bertz CT molecular complexity index is 1430. The monoisotopic (exact) mass is 585 g/mol. The summed E-state index contributed by atoms with van der Waals surface area (Å²) in [5.41, 5.74) is 1.79. The molecule has 0 fully saturated rings. The quantitative estimate of drug-likeness (QED) is 0.316. The van der Waals surface area contributed by atoms with Gasteiger partial charge in [-0.05, 0) is 80.8 Å². The van der Waals surface area contributed by atoms with Crippen LogP contribution < -0.4 is 14.4 Å². The van der Waals surface area contributed by atoms with Crippen LogP contribution in [0.2, 0.25) is 5.02 Å². The Kier molecular flexibility index (Phi) is 10.6. The lowest BCUT2D eigenvalue weighted by atomic mass is 10.1. The van der Waals surface area contributed by atoms with E-state index >= 15 is 0 Å². The molecule has 8 nitrogen and oxygen atoms in total. The molecule has 214 valence electrons. The number of hydrogen-bond donors (Lipinski definition) is 1. The van der Waals surface area contributed by atoms with Crippen molar-refractivity contribution < 1.29 is 22.7 Å². The fourth-order valence-corrected chi connectivity index (χ4v) is 5.96. The molecule has 0 aromatic heterocycles. The lowest BCUT2D eigenvalue weighted by Crippen LogP contribution is -2.53. The topological polar surface area (TPSA) is 96.0 Å². The lowest BCUT2D eigenvalue weighted by molar-refractivity contribution is -0.140. The number of benzene rings is 3. The van der Waals surface area contributed by atoms with Crippen molar-refractivity contribution >= 4 is 39.1 Å². The third-order valence-corrected chi connectivity index (χ3v) is 8.39. The second kappa shape index (κ2) is 13.7. The third-order valence-electron chi connectivity index (χ3n) is 6.37. The number of nitrogens with zero attached hydrogens (tertiary/aromatic N) is 2. The number of hydrogen-bond acceptors (Lipinski definition) is 5. The van der Waals surface area contributed by atoms with Crippen LogP contribution in [0.1, 0.15) is 38.3 Å². The molecular formula is C30H36ClN3O5S. The van der Waals surface area contributed by atoms with Gasteiger partial charge in [-0.2, -0.15) is 0 Å². The van der Waals surface area contributed by atoms with Crippen LogP contribution in [-0.2, 0) is 26.2 Å². The molecule has 1 atom stereocenters. The number of aryl methyl sites for hydroxylation is 1. The predicted molar refractivity (Wildman–Crippen MR) is 158 cm³/mol. The normalized spacial score (nSPS) is 12.1. The van der Waals surface area contributed by atoms with E-state index in [1.165, 1.54) is 29.2 Å². The largest absolute Gasteiger partial charge is 0.497 e. The van der Waals surface area contributed by atoms with Gasteiger partial charge in [0.2, 0.25) is 11.8 Å². The second-order valence-corrected chi connectivity index (χ2v) is 12.0. The minimum absolute atomic E-state index is 0.00288. The maximum atomic E-state index is 14.1. The van der Waals surface area contributed by atoms with Gasteiger partial charge in [-0.1, -0.05) is 48.9 Å². The van der Waals surface area contributed by atoms with E-state index in [4.69, 9.17) is 16.3 Å². The Morgan fingerprint density at radius 1 is 1.00 bits per heavy atom. The van der Waals surface area contributed by atoms with Crippen LogP contribution in [0.15, 0.2) is 77.7 Å². The van der Waals surface area contributed by atoms with E-state index in [1.54, 1.807) is 56.5 Å². The average Bonchev–Trinajstić information content (AvgIpc) is 2.92. The Labute approximate surface area is 241 Å². The Morgan fingerprint density at radius 2 is 1.68 bits per heavy atom. The van der Waals surface area contributed by atoms with Crippen LogP contribution in [0.25, 0.3) is 0 Å². The summed E-state index contributed by atoms with van der Waals surface area (Å²) in [5.74, 6) is -0.220. The number of amides is 2. The first-order chi connectivity index (χ1) is 19.0. The number of sulfonamides is 1. The molecule has 3 aromatic rings. The molecule has 10 heteroatoms. The van der Waals surface area contributed by atoms with Crippen molar-refractivity contribution in [3.8, 4) is 5.75 Å². The zero-order chi connectivity index (χ0) is 29.4. The molecule has 2 amide bonds. The number of carbonyl (C=O) groups is 2. The van der Waals surface area contributed by atoms with Gasteiger partial charge in [-0.25, -0.2) is 8.42 Å². The maximum Gasteiger partial charge on any atom is 0.264 e. The molecule has 0 radical (unpaired) electrons. The zero-order valence-corrected chi connectivity index (χ0v) is 25.0. The molecule has 3 aromatic carbocycles. The third kappa shape index (κ3) is 7.55. The van der Waals surface area contributed by atoms with Gasteiger partial charge in [0.15, 0.2) is 0 Å². The van der Waals surface area contributed by atoms with Crippen molar-refractivity contribution in [3.63, 3.8) is 0 Å². The summed E-state index contributed by atoms with van der Waals surface area (Å²) in [5, 5.41) is 3.28. The number of ether oxygens (including phenoxy) is 1. The summed E-state index contributed by atoms with van der Waals surface area (Å²) < 4.78 is 34.3. The van der Waals surface area contributed by atoms with Gasteiger partial charge in [-0.15, -0.1) is 0 Å². The van der Waals surface area contributed by atoms with E-state index in [2.05, 4.69) is 5.32 Å². The average molecular weight is 586 g/mol. The molecule has 0 unspecified atom stereocenters. The van der Waals surface area contributed by atoms with Gasteiger partial charge in [0.05, 0.1) is 17.7 Å². The first kappa shape index (κ1) is 31.0. The second-order valence-electron chi connectivity index (χ2n) is 9.71. The van der Waals surface area contributed by atoms with E-state index in [0.717, 1.165) is 9.87 Å². The van der Waals surface area contributed by atoms with Gasteiger partial charge in [0.1, 0.15) is 18.3 Å². The highest BCUT2D eigenvalue weighted by atomic mass is 35.5. The van der Waals surface area contributed by atoms with Crippen molar-refractivity contribution in [3.05, 3.63) is 88.9 Å². The standard InChI is InChI=1S/C30H36ClN3O5S/c1-6-27(30(36)32-21(2)3)33(19-23-11-9-12-25(18-23)39-5)29(35)20-34(28-13-8-7-10-22(28)4)40(37,38)26-16-14-24(31)15-17-26/h7-18,21,27H,6,19-20H2,1-5H3,(H,32,36)/t27-/m0/s1. The molecule has 0 saturated heterocycles. The zero-order valence-electron chi connectivity index (χ0n) is 23.4. The molecule has 0 aliphatic carbocycles. The SMILES string of the molecule is CC[C@@H](C(=O)NC(C)C)N(Cc1cccc(OC)c1)C(=O)CN(c1ccccc1C)S(=O)(=O)c1ccc(Cl)cc1.